The molecule has 0 spiro atoms. The van der Waals surface area contributed by atoms with Gasteiger partial charge in [-0.15, -0.1) is 0 Å². The van der Waals surface area contributed by atoms with Crippen LogP contribution < -0.4 is 4.74 Å². The predicted octanol–water partition coefficient (Wildman–Crippen LogP) is 4.88. The maximum absolute atomic E-state index is 12.6. The molecule has 0 radical (unpaired) electrons. The Morgan fingerprint density at radius 3 is 2.57 bits per heavy atom. The van der Waals surface area contributed by atoms with Crippen LogP contribution in [0.2, 0.25) is 0 Å². The molecule has 1 fully saturated rings. The van der Waals surface area contributed by atoms with Crippen LogP contribution in [-0.4, -0.2) is 36.2 Å². The first kappa shape index (κ1) is 21.7. The normalized spacial score (nSPS) is 16.6. The molecule has 1 unspecified atom stereocenters. The molecule has 160 valence electrons. The Morgan fingerprint density at radius 1 is 1.07 bits per heavy atom. The number of hydrogen-bond acceptors (Lipinski definition) is 5. The van der Waals surface area contributed by atoms with Crippen LogP contribution in [0.4, 0.5) is 4.79 Å². The van der Waals surface area contributed by atoms with Crippen LogP contribution in [0.5, 0.6) is 5.75 Å². The van der Waals surface area contributed by atoms with Crippen molar-refractivity contribution < 1.29 is 23.8 Å². The molecule has 2 aromatic rings. The molecule has 3 rings (SSSR count). The number of carbonyl (C=O) groups excluding carboxylic acids is 2. The van der Waals surface area contributed by atoms with E-state index >= 15 is 0 Å². The molecule has 0 saturated carbocycles. The third-order valence-corrected chi connectivity index (χ3v) is 5.23. The number of benzene rings is 2. The first-order chi connectivity index (χ1) is 14.4. The summed E-state index contributed by atoms with van der Waals surface area (Å²) >= 11 is 0. The van der Waals surface area contributed by atoms with E-state index in [0.717, 1.165) is 30.4 Å². The SMILES string of the molecule is COC(=O)N1CCCCC1c1cccc(OC(C)(C)C(=O)OCc2ccccc2)c1. The summed E-state index contributed by atoms with van der Waals surface area (Å²) in [6.07, 6.45) is 2.54. The molecule has 0 N–H and O–H groups in total. The highest BCUT2D eigenvalue weighted by molar-refractivity contribution is 5.79. The molecule has 1 aliphatic rings. The fourth-order valence-electron chi connectivity index (χ4n) is 3.63. The van der Waals surface area contributed by atoms with Crippen LogP contribution in [0.25, 0.3) is 0 Å². The van der Waals surface area contributed by atoms with Gasteiger partial charge in [-0.25, -0.2) is 9.59 Å². The third kappa shape index (κ3) is 5.32. The van der Waals surface area contributed by atoms with Crippen LogP contribution in [0.15, 0.2) is 54.6 Å². The molecule has 0 aliphatic carbocycles. The average Bonchev–Trinajstić information content (AvgIpc) is 2.77. The number of carbonyl (C=O) groups is 2. The van der Waals surface area contributed by atoms with Gasteiger partial charge in [-0.2, -0.15) is 0 Å². The number of likely N-dealkylation sites (tertiary alicyclic amines) is 1. The van der Waals surface area contributed by atoms with Gasteiger partial charge < -0.3 is 19.1 Å². The van der Waals surface area contributed by atoms with Gasteiger partial charge in [0.25, 0.3) is 0 Å². The number of rotatable bonds is 6. The van der Waals surface area contributed by atoms with E-state index in [2.05, 4.69) is 0 Å². The molecule has 0 aromatic heterocycles. The monoisotopic (exact) mass is 411 g/mol. The second-order valence-corrected chi connectivity index (χ2v) is 7.92. The Morgan fingerprint density at radius 2 is 1.83 bits per heavy atom. The van der Waals surface area contributed by atoms with Crippen molar-refractivity contribution in [3.63, 3.8) is 0 Å². The first-order valence-corrected chi connectivity index (χ1v) is 10.3. The lowest BCUT2D eigenvalue weighted by atomic mass is 9.95. The molecule has 0 bridgehead atoms. The van der Waals surface area contributed by atoms with E-state index in [-0.39, 0.29) is 18.7 Å². The average molecular weight is 411 g/mol. The lowest BCUT2D eigenvalue weighted by molar-refractivity contribution is -0.160. The van der Waals surface area contributed by atoms with Crippen molar-refractivity contribution in [2.75, 3.05) is 13.7 Å². The van der Waals surface area contributed by atoms with Gasteiger partial charge in [0.1, 0.15) is 12.4 Å². The smallest absolute Gasteiger partial charge is 0.409 e. The van der Waals surface area contributed by atoms with Gasteiger partial charge in [-0.3, -0.25) is 0 Å². The van der Waals surface area contributed by atoms with E-state index in [4.69, 9.17) is 14.2 Å². The van der Waals surface area contributed by atoms with Gasteiger partial charge in [0.15, 0.2) is 5.60 Å². The van der Waals surface area contributed by atoms with Gasteiger partial charge in [-0.1, -0.05) is 42.5 Å². The minimum Gasteiger partial charge on any atom is -0.476 e. The predicted molar refractivity (Wildman–Crippen MR) is 113 cm³/mol. The number of amides is 1. The number of nitrogens with zero attached hydrogens (tertiary/aromatic N) is 1. The quantitative estimate of drug-likeness (QED) is 0.634. The molecule has 1 saturated heterocycles. The summed E-state index contributed by atoms with van der Waals surface area (Å²) in [6.45, 7) is 4.24. The highest BCUT2D eigenvalue weighted by Crippen LogP contribution is 2.33. The Kier molecular flexibility index (Phi) is 6.98. The zero-order chi connectivity index (χ0) is 21.6. The number of piperidine rings is 1. The molecule has 6 heteroatoms. The minimum absolute atomic E-state index is 0.0668. The molecule has 1 atom stereocenters. The van der Waals surface area contributed by atoms with Crippen LogP contribution >= 0.6 is 0 Å². The van der Waals surface area contributed by atoms with E-state index in [1.807, 2.05) is 48.5 Å². The summed E-state index contributed by atoms with van der Waals surface area (Å²) in [7, 11) is 1.40. The summed E-state index contributed by atoms with van der Waals surface area (Å²) in [5, 5.41) is 0. The molecular formula is C24H29NO5. The fourth-order valence-corrected chi connectivity index (χ4v) is 3.63. The second kappa shape index (κ2) is 9.65. The van der Waals surface area contributed by atoms with Gasteiger partial charge in [0.05, 0.1) is 13.2 Å². The van der Waals surface area contributed by atoms with Crippen LogP contribution in [0, 0.1) is 0 Å². The maximum Gasteiger partial charge on any atom is 0.409 e. The van der Waals surface area contributed by atoms with Crippen molar-refractivity contribution in [3.05, 3.63) is 65.7 Å². The van der Waals surface area contributed by atoms with Gasteiger partial charge in [0.2, 0.25) is 0 Å². The molecule has 6 nitrogen and oxygen atoms in total. The third-order valence-electron chi connectivity index (χ3n) is 5.23. The maximum atomic E-state index is 12.6. The lowest BCUT2D eigenvalue weighted by Crippen LogP contribution is -2.40. The molecule has 2 aromatic carbocycles. The zero-order valence-corrected chi connectivity index (χ0v) is 17.8. The number of methoxy groups -OCH3 is 1. The fraction of sp³-hybridized carbons (Fsp3) is 0.417. The van der Waals surface area contributed by atoms with E-state index in [1.54, 1.807) is 24.8 Å². The molecule has 1 amide bonds. The van der Waals surface area contributed by atoms with Crippen molar-refractivity contribution >= 4 is 12.1 Å². The molecular weight excluding hydrogens is 382 g/mol. The topological polar surface area (TPSA) is 65.1 Å². The summed E-state index contributed by atoms with van der Waals surface area (Å²) in [5.41, 5.74) is 0.733. The molecule has 1 aliphatic heterocycles. The summed E-state index contributed by atoms with van der Waals surface area (Å²) in [5.74, 6) is 0.121. The largest absolute Gasteiger partial charge is 0.476 e. The summed E-state index contributed by atoms with van der Waals surface area (Å²) < 4.78 is 16.4. The van der Waals surface area contributed by atoms with Crippen molar-refractivity contribution in [2.24, 2.45) is 0 Å². The standard InChI is InChI=1S/C24H29NO5/c1-24(2,22(26)29-17-18-10-5-4-6-11-18)30-20-13-9-12-19(16-20)21-14-7-8-15-25(21)23(27)28-3/h4-6,9-13,16,21H,7-8,14-15,17H2,1-3H3. The van der Waals surface area contributed by atoms with Crippen molar-refractivity contribution in [3.8, 4) is 5.75 Å². The zero-order valence-electron chi connectivity index (χ0n) is 17.8. The number of esters is 1. The summed E-state index contributed by atoms with van der Waals surface area (Å²) in [6, 6.07) is 17.0. The number of hydrogen-bond donors (Lipinski definition) is 0. The Hall–Kier alpha value is -3.02. The molecule has 30 heavy (non-hydrogen) atoms. The van der Waals surface area contributed by atoms with Gasteiger partial charge in [-0.05, 0) is 56.4 Å². The van der Waals surface area contributed by atoms with Crippen LogP contribution in [0.3, 0.4) is 0 Å². The van der Waals surface area contributed by atoms with Crippen LogP contribution in [-0.2, 0) is 20.9 Å². The van der Waals surface area contributed by atoms with Crippen molar-refractivity contribution in [1.29, 1.82) is 0 Å². The Bertz CT molecular complexity index is 865. The van der Waals surface area contributed by atoms with Crippen LogP contribution in [0.1, 0.15) is 50.3 Å². The van der Waals surface area contributed by atoms with E-state index < -0.39 is 11.6 Å². The molecule has 1 heterocycles. The first-order valence-electron chi connectivity index (χ1n) is 10.3. The Labute approximate surface area is 177 Å². The lowest BCUT2D eigenvalue weighted by Gasteiger charge is -2.35. The van der Waals surface area contributed by atoms with E-state index in [9.17, 15) is 9.59 Å². The minimum atomic E-state index is -1.15. The second-order valence-electron chi connectivity index (χ2n) is 7.92. The van der Waals surface area contributed by atoms with E-state index in [0.29, 0.717) is 12.3 Å². The summed E-state index contributed by atoms with van der Waals surface area (Å²) in [4.78, 5) is 26.5. The van der Waals surface area contributed by atoms with Gasteiger partial charge in [0, 0.05) is 6.54 Å². The highest BCUT2D eigenvalue weighted by atomic mass is 16.6. The Balaban J connectivity index is 1.68. The van der Waals surface area contributed by atoms with Crippen molar-refractivity contribution in [2.45, 2.75) is 51.4 Å². The van der Waals surface area contributed by atoms with Gasteiger partial charge >= 0.3 is 12.1 Å². The number of ether oxygens (including phenoxy) is 3. The van der Waals surface area contributed by atoms with E-state index in [1.165, 1.54) is 7.11 Å². The highest BCUT2D eigenvalue weighted by Gasteiger charge is 2.33. The van der Waals surface area contributed by atoms with Crippen molar-refractivity contribution in [1.82, 2.24) is 4.90 Å².